The molecule has 0 heterocycles. The summed E-state index contributed by atoms with van der Waals surface area (Å²) in [7, 11) is 0. The second-order valence-corrected chi connectivity index (χ2v) is 4.69. The number of esters is 1. The zero-order valence-electron chi connectivity index (χ0n) is 12.5. The second kappa shape index (κ2) is 11.8. The molecule has 0 radical (unpaired) electrons. The van der Waals surface area contributed by atoms with Gasteiger partial charge >= 0.3 is 12.1 Å². The first-order valence-corrected chi connectivity index (χ1v) is 6.96. The van der Waals surface area contributed by atoms with Gasteiger partial charge < -0.3 is 9.84 Å². The number of hydrogen-bond acceptors (Lipinski definition) is 5. The van der Waals surface area contributed by atoms with Gasteiger partial charge in [-0.05, 0) is 25.5 Å². The Morgan fingerprint density at radius 1 is 1.29 bits per heavy atom. The minimum Gasteiger partial charge on any atom is -0.462 e. The largest absolute Gasteiger partial charge is 0.462 e. The van der Waals surface area contributed by atoms with Crippen molar-refractivity contribution in [2.45, 2.75) is 39.2 Å². The highest BCUT2D eigenvalue weighted by molar-refractivity contribution is 5.89. The Bertz CT molecular complexity index is 422. The van der Waals surface area contributed by atoms with Crippen LogP contribution in [0, 0.1) is 5.92 Å². The third kappa shape index (κ3) is 8.74. The molecule has 1 aromatic carbocycles. The molecule has 0 bridgehead atoms. The number of hydrogen-bond donors (Lipinski definition) is 1. The van der Waals surface area contributed by atoms with Crippen LogP contribution in [0.2, 0.25) is 0 Å². The van der Waals surface area contributed by atoms with Gasteiger partial charge in [0.2, 0.25) is 0 Å². The summed E-state index contributed by atoms with van der Waals surface area (Å²) in [5, 5.41) is 9.63. The quantitative estimate of drug-likeness (QED) is 0.781. The van der Waals surface area contributed by atoms with Crippen LogP contribution in [0.3, 0.4) is 0 Å². The maximum absolute atomic E-state index is 11.7. The van der Waals surface area contributed by atoms with Gasteiger partial charge in [0.05, 0.1) is 18.3 Å². The molecular formula is C16H22O5. The van der Waals surface area contributed by atoms with E-state index in [9.17, 15) is 9.90 Å². The molecule has 0 saturated heterocycles. The fraction of sp³-hybridized carbons (Fsp3) is 0.500. The fourth-order valence-electron chi connectivity index (χ4n) is 1.77. The van der Waals surface area contributed by atoms with E-state index in [1.807, 2.05) is 6.07 Å². The average Bonchev–Trinajstić information content (AvgIpc) is 2.48. The van der Waals surface area contributed by atoms with E-state index in [4.69, 9.17) is 14.3 Å². The van der Waals surface area contributed by atoms with E-state index in [1.54, 1.807) is 31.2 Å². The van der Waals surface area contributed by atoms with Gasteiger partial charge in [-0.25, -0.2) is 4.79 Å². The molecule has 5 nitrogen and oxygen atoms in total. The number of carbonyl (C=O) groups excluding carboxylic acids is 3. The van der Waals surface area contributed by atoms with Gasteiger partial charge in [0.1, 0.15) is 0 Å². The Hall–Kier alpha value is -1.97. The van der Waals surface area contributed by atoms with Crippen molar-refractivity contribution in [2.75, 3.05) is 6.61 Å². The molecule has 1 N–H and O–H groups in total. The number of rotatable bonds is 7. The molecule has 2 unspecified atom stereocenters. The molecule has 0 aliphatic rings. The van der Waals surface area contributed by atoms with Crippen LogP contribution in [0.25, 0.3) is 0 Å². The van der Waals surface area contributed by atoms with Crippen molar-refractivity contribution in [1.29, 1.82) is 0 Å². The summed E-state index contributed by atoms with van der Waals surface area (Å²) in [6.07, 6.45) is 2.81. The van der Waals surface area contributed by atoms with E-state index in [0.717, 1.165) is 19.3 Å². The minimum atomic E-state index is -0.444. The molecule has 0 aromatic heterocycles. The van der Waals surface area contributed by atoms with Gasteiger partial charge in [-0.2, -0.15) is 9.59 Å². The zero-order valence-corrected chi connectivity index (χ0v) is 12.5. The third-order valence-corrected chi connectivity index (χ3v) is 3.05. The molecule has 0 aliphatic carbocycles. The van der Waals surface area contributed by atoms with E-state index >= 15 is 0 Å². The normalized spacial score (nSPS) is 12.3. The summed E-state index contributed by atoms with van der Waals surface area (Å²) in [5.74, 6) is -0.296. The maximum Gasteiger partial charge on any atom is 0.373 e. The monoisotopic (exact) mass is 294 g/mol. The first kappa shape index (κ1) is 19.0. The standard InChI is InChI=1S/C15H22O3.CO2/c1-3-4-8-14(12(2)16)11-18-15(17)13-9-6-5-7-10-13;2-1-3/h5-7,9-10,12,14,16H,3-4,8,11H2,1-2H3;. The predicted molar refractivity (Wildman–Crippen MR) is 76.4 cm³/mol. The van der Waals surface area contributed by atoms with E-state index in [0.29, 0.717) is 5.56 Å². The highest BCUT2D eigenvalue weighted by Gasteiger charge is 2.17. The van der Waals surface area contributed by atoms with E-state index in [1.165, 1.54) is 0 Å². The van der Waals surface area contributed by atoms with Crippen LogP contribution in [0.15, 0.2) is 30.3 Å². The summed E-state index contributed by atoms with van der Waals surface area (Å²) in [6.45, 7) is 4.14. The number of unbranched alkanes of at least 4 members (excludes halogenated alkanes) is 1. The molecule has 0 aliphatic heterocycles. The van der Waals surface area contributed by atoms with E-state index < -0.39 is 6.10 Å². The Morgan fingerprint density at radius 2 is 1.86 bits per heavy atom. The zero-order chi connectivity index (χ0) is 16.1. The lowest BCUT2D eigenvalue weighted by molar-refractivity contribution is -0.191. The molecule has 0 fully saturated rings. The van der Waals surface area contributed by atoms with Gasteiger partial charge in [0.15, 0.2) is 0 Å². The van der Waals surface area contributed by atoms with Crippen molar-refractivity contribution in [1.82, 2.24) is 0 Å². The van der Waals surface area contributed by atoms with Crippen molar-refractivity contribution in [3.63, 3.8) is 0 Å². The van der Waals surface area contributed by atoms with E-state index in [-0.39, 0.29) is 24.6 Å². The van der Waals surface area contributed by atoms with Gasteiger partial charge in [0, 0.05) is 5.92 Å². The number of carbonyl (C=O) groups is 1. The topological polar surface area (TPSA) is 80.7 Å². The Balaban J connectivity index is 0.00000122. The lowest BCUT2D eigenvalue weighted by Crippen LogP contribution is -2.24. The summed E-state index contributed by atoms with van der Waals surface area (Å²) in [6, 6.07) is 8.92. The van der Waals surface area contributed by atoms with Crippen molar-refractivity contribution >= 4 is 12.1 Å². The van der Waals surface area contributed by atoms with Crippen molar-refractivity contribution in [3.05, 3.63) is 35.9 Å². The highest BCUT2D eigenvalue weighted by Crippen LogP contribution is 2.14. The molecule has 1 aromatic rings. The fourth-order valence-corrected chi connectivity index (χ4v) is 1.77. The van der Waals surface area contributed by atoms with Gasteiger partial charge in [0.25, 0.3) is 0 Å². The number of aliphatic hydroxyl groups is 1. The smallest absolute Gasteiger partial charge is 0.373 e. The van der Waals surface area contributed by atoms with Gasteiger partial charge in [-0.15, -0.1) is 0 Å². The summed E-state index contributed by atoms with van der Waals surface area (Å²) < 4.78 is 5.25. The van der Waals surface area contributed by atoms with Crippen LogP contribution in [-0.2, 0) is 14.3 Å². The number of benzene rings is 1. The minimum absolute atomic E-state index is 0.0256. The third-order valence-electron chi connectivity index (χ3n) is 3.05. The van der Waals surface area contributed by atoms with Crippen LogP contribution in [0.1, 0.15) is 43.5 Å². The molecule has 116 valence electrons. The predicted octanol–water partition coefficient (Wildman–Crippen LogP) is 2.45. The van der Waals surface area contributed by atoms with Crippen LogP contribution in [0.4, 0.5) is 0 Å². The van der Waals surface area contributed by atoms with E-state index in [2.05, 4.69) is 6.92 Å². The first-order valence-electron chi connectivity index (χ1n) is 6.96. The van der Waals surface area contributed by atoms with Gasteiger partial charge in [-0.3, -0.25) is 0 Å². The van der Waals surface area contributed by atoms with Crippen LogP contribution in [-0.4, -0.2) is 29.9 Å². The molecule has 0 spiro atoms. The summed E-state index contributed by atoms with van der Waals surface area (Å²) in [5.41, 5.74) is 0.553. The molecule has 5 heteroatoms. The van der Waals surface area contributed by atoms with Crippen LogP contribution in [0.5, 0.6) is 0 Å². The number of aliphatic hydroxyl groups excluding tert-OH is 1. The maximum atomic E-state index is 11.7. The lowest BCUT2D eigenvalue weighted by Gasteiger charge is -2.19. The van der Waals surface area contributed by atoms with Crippen molar-refractivity contribution in [2.24, 2.45) is 5.92 Å². The Morgan fingerprint density at radius 3 is 2.33 bits per heavy atom. The Kier molecular flexibility index (Phi) is 10.7. The molecule has 21 heavy (non-hydrogen) atoms. The molecular weight excluding hydrogens is 272 g/mol. The molecule has 1 rings (SSSR count). The summed E-state index contributed by atoms with van der Waals surface area (Å²) in [4.78, 5) is 28.0. The number of ether oxygens (including phenoxy) is 1. The SMILES string of the molecule is CCCCC(COC(=O)c1ccccc1)C(C)O.O=C=O. The Labute approximate surface area is 124 Å². The second-order valence-electron chi connectivity index (χ2n) is 4.69. The molecule has 0 amide bonds. The first-order chi connectivity index (χ1) is 10.1. The van der Waals surface area contributed by atoms with Crippen molar-refractivity contribution in [3.8, 4) is 0 Å². The molecule has 0 saturated carbocycles. The van der Waals surface area contributed by atoms with Crippen molar-refractivity contribution < 1.29 is 24.2 Å². The highest BCUT2D eigenvalue weighted by atomic mass is 16.5. The van der Waals surface area contributed by atoms with Gasteiger partial charge in [-0.1, -0.05) is 38.0 Å². The summed E-state index contributed by atoms with van der Waals surface area (Å²) >= 11 is 0. The van der Waals surface area contributed by atoms with Crippen LogP contribution < -0.4 is 0 Å². The van der Waals surface area contributed by atoms with Crippen LogP contribution >= 0.6 is 0 Å². The average molecular weight is 294 g/mol. The molecule has 2 atom stereocenters. The lowest BCUT2D eigenvalue weighted by atomic mass is 9.98.